The van der Waals surface area contributed by atoms with E-state index in [1.165, 1.54) is 39.5 Å². The number of aliphatic carboxylic acids is 1. The van der Waals surface area contributed by atoms with Crippen LogP contribution in [0, 0.1) is 5.92 Å². The number of ether oxygens (including phenoxy) is 4. The molecule has 1 aliphatic rings. The maximum absolute atomic E-state index is 13.3. The van der Waals surface area contributed by atoms with Gasteiger partial charge in [-0.15, -0.1) is 0 Å². The number of rotatable bonds is 9. The predicted molar refractivity (Wildman–Crippen MR) is 111 cm³/mol. The van der Waals surface area contributed by atoms with Gasteiger partial charge in [0.25, 0.3) is 11.8 Å². The van der Waals surface area contributed by atoms with Crippen molar-refractivity contribution in [1.82, 2.24) is 9.80 Å². The molecular formula is C21H28N2O8. The van der Waals surface area contributed by atoms with Crippen LogP contribution in [0.25, 0.3) is 5.70 Å². The fourth-order valence-electron chi connectivity index (χ4n) is 3.47. The molecule has 0 saturated carbocycles. The summed E-state index contributed by atoms with van der Waals surface area (Å²) in [6, 6.07) is 2.31. The number of amides is 2. The topological polar surface area (TPSA) is 115 Å². The molecule has 0 radical (unpaired) electrons. The van der Waals surface area contributed by atoms with Crippen molar-refractivity contribution < 1.29 is 38.4 Å². The number of carboxylic acids is 1. The molecule has 1 atom stereocenters. The molecule has 1 aliphatic heterocycles. The van der Waals surface area contributed by atoms with Gasteiger partial charge in [0.1, 0.15) is 19.2 Å². The maximum atomic E-state index is 13.3. The number of hydrogen-bond acceptors (Lipinski definition) is 7. The van der Waals surface area contributed by atoms with E-state index in [0.29, 0.717) is 22.8 Å². The Hall–Kier alpha value is -3.27. The summed E-state index contributed by atoms with van der Waals surface area (Å²) in [7, 11) is 5.73. The summed E-state index contributed by atoms with van der Waals surface area (Å²) in [5.41, 5.74) is 0.634. The molecule has 1 aromatic rings. The minimum atomic E-state index is -1.19. The molecule has 170 valence electrons. The van der Waals surface area contributed by atoms with E-state index in [4.69, 9.17) is 18.9 Å². The largest absolute Gasteiger partial charge is 0.493 e. The molecule has 10 heteroatoms. The van der Waals surface area contributed by atoms with Gasteiger partial charge in [0.2, 0.25) is 5.75 Å². The zero-order chi connectivity index (χ0) is 23.3. The van der Waals surface area contributed by atoms with Crippen molar-refractivity contribution in [3.63, 3.8) is 0 Å². The van der Waals surface area contributed by atoms with Crippen LogP contribution in [0.15, 0.2) is 18.3 Å². The smallest absolute Gasteiger partial charge is 0.323 e. The van der Waals surface area contributed by atoms with E-state index in [1.807, 2.05) is 0 Å². The Balaban J connectivity index is 2.75. The van der Waals surface area contributed by atoms with Gasteiger partial charge < -0.3 is 29.0 Å². The SMILES string of the molecule is COCC(=O)N1C=C(c2cc(OC)c(OC)c(OC)c2)N(CC(=O)O)C(=O)C1C(C)C. The summed E-state index contributed by atoms with van der Waals surface area (Å²) >= 11 is 0. The molecule has 1 unspecified atom stereocenters. The van der Waals surface area contributed by atoms with Crippen molar-refractivity contribution in [3.05, 3.63) is 23.9 Å². The highest BCUT2D eigenvalue weighted by molar-refractivity contribution is 5.99. The molecule has 1 aromatic carbocycles. The number of methoxy groups -OCH3 is 4. The molecule has 0 spiro atoms. The fraction of sp³-hybridized carbons (Fsp3) is 0.476. The molecule has 0 saturated heterocycles. The average molecular weight is 436 g/mol. The highest BCUT2D eigenvalue weighted by atomic mass is 16.5. The minimum absolute atomic E-state index is 0.216. The third-order valence-corrected chi connectivity index (χ3v) is 4.81. The number of benzene rings is 1. The van der Waals surface area contributed by atoms with Gasteiger partial charge in [0, 0.05) is 18.9 Å². The monoisotopic (exact) mass is 436 g/mol. The standard InChI is InChI=1S/C21H28N2O8/c1-12(2)19-21(27)22(10-18(25)26)14(9-23(19)17(24)11-28-3)13-7-15(29-4)20(31-6)16(8-13)30-5/h7-9,12,19H,10-11H2,1-6H3,(H,25,26). The molecule has 0 bridgehead atoms. The van der Waals surface area contributed by atoms with Crippen molar-refractivity contribution in [2.24, 2.45) is 5.92 Å². The fourth-order valence-corrected chi connectivity index (χ4v) is 3.47. The Morgan fingerprint density at radius 1 is 1.06 bits per heavy atom. The van der Waals surface area contributed by atoms with Crippen molar-refractivity contribution in [2.45, 2.75) is 19.9 Å². The van der Waals surface area contributed by atoms with Crippen LogP contribution >= 0.6 is 0 Å². The van der Waals surface area contributed by atoms with Gasteiger partial charge in [0.15, 0.2) is 11.5 Å². The van der Waals surface area contributed by atoms with Crippen LogP contribution in [0.1, 0.15) is 19.4 Å². The van der Waals surface area contributed by atoms with Crippen LogP contribution in [0.2, 0.25) is 0 Å². The lowest BCUT2D eigenvalue weighted by atomic mass is 9.96. The molecule has 2 rings (SSSR count). The van der Waals surface area contributed by atoms with Crippen LogP contribution in [0.3, 0.4) is 0 Å². The average Bonchev–Trinajstić information content (AvgIpc) is 2.73. The van der Waals surface area contributed by atoms with Crippen molar-refractivity contribution in [2.75, 3.05) is 41.6 Å². The highest BCUT2D eigenvalue weighted by Gasteiger charge is 2.41. The molecule has 10 nitrogen and oxygen atoms in total. The second-order valence-electron chi connectivity index (χ2n) is 7.17. The Morgan fingerprint density at radius 3 is 2.06 bits per heavy atom. The molecule has 1 heterocycles. The number of nitrogens with zero attached hydrogens (tertiary/aromatic N) is 2. The minimum Gasteiger partial charge on any atom is -0.493 e. The lowest BCUT2D eigenvalue weighted by Crippen LogP contribution is -2.56. The first-order chi connectivity index (χ1) is 14.7. The normalized spacial score (nSPS) is 16.3. The van der Waals surface area contributed by atoms with E-state index in [0.717, 1.165) is 4.90 Å². The first-order valence-corrected chi connectivity index (χ1v) is 9.55. The molecule has 2 amide bonds. The Bertz CT molecular complexity index is 855. The summed E-state index contributed by atoms with van der Waals surface area (Å²) < 4.78 is 21.0. The second-order valence-corrected chi connectivity index (χ2v) is 7.17. The quantitative estimate of drug-likeness (QED) is 0.618. The highest BCUT2D eigenvalue weighted by Crippen LogP contribution is 2.41. The Kier molecular flexibility index (Phi) is 7.87. The van der Waals surface area contributed by atoms with Gasteiger partial charge >= 0.3 is 5.97 Å². The summed E-state index contributed by atoms with van der Waals surface area (Å²) in [4.78, 5) is 40.0. The number of hydrogen-bond donors (Lipinski definition) is 1. The van der Waals surface area contributed by atoms with E-state index in [2.05, 4.69) is 0 Å². The molecular weight excluding hydrogens is 408 g/mol. The van der Waals surface area contributed by atoms with Crippen LogP contribution in [0.5, 0.6) is 17.2 Å². The number of carbonyl (C=O) groups excluding carboxylic acids is 2. The number of carbonyl (C=O) groups is 3. The van der Waals surface area contributed by atoms with Crippen molar-refractivity contribution in [1.29, 1.82) is 0 Å². The Labute approximate surface area is 180 Å². The van der Waals surface area contributed by atoms with Crippen molar-refractivity contribution in [3.8, 4) is 17.2 Å². The van der Waals surface area contributed by atoms with Crippen LogP contribution in [-0.4, -0.2) is 80.3 Å². The van der Waals surface area contributed by atoms with Gasteiger partial charge in [-0.2, -0.15) is 0 Å². The van der Waals surface area contributed by atoms with Crippen LogP contribution < -0.4 is 14.2 Å². The molecule has 1 N–H and O–H groups in total. The third-order valence-electron chi connectivity index (χ3n) is 4.81. The van der Waals surface area contributed by atoms with Gasteiger partial charge in [-0.3, -0.25) is 19.3 Å². The van der Waals surface area contributed by atoms with Gasteiger partial charge in [-0.25, -0.2) is 0 Å². The molecule has 31 heavy (non-hydrogen) atoms. The van der Waals surface area contributed by atoms with Crippen molar-refractivity contribution >= 4 is 23.5 Å². The van der Waals surface area contributed by atoms with Crippen LogP contribution in [-0.2, 0) is 19.1 Å². The maximum Gasteiger partial charge on any atom is 0.323 e. The first kappa shape index (κ1) is 24.0. The summed E-state index contributed by atoms with van der Waals surface area (Å²) in [6.07, 6.45) is 1.47. The van der Waals surface area contributed by atoms with Gasteiger partial charge in [0.05, 0.1) is 27.0 Å². The zero-order valence-corrected chi connectivity index (χ0v) is 18.5. The Morgan fingerprint density at radius 2 is 1.65 bits per heavy atom. The molecule has 0 fully saturated rings. The second kappa shape index (κ2) is 10.2. The summed E-state index contributed by atoms with van der Waals surface area (Å²) in [5, 5.41) is 9.43. The first-order valence-electron chi connectivity index (χ1n) is 9.55. The lowest BCUT2D eigenvalue weighted by Gasteiger charge is -2.40. The van der Waals surface area contributed by atoms with Crippen LogP contribution in [0.4, 0.5) is 0 Å². The van der Waals surface area contributed by atoms with E-state index < -0.39 is 30.4 Å². The van der Waals surface area contributed by atoms with E-state index in [-0.39, 0.29) is 18.2 Å². The predicted octanol–water partition coefficient (Wildman–Crippen LogP) is 1.44. The van der Waals surface area contributed by atoms with Gasteiger partial charge in [-0.1, -0.05) is 13.8 Å². The summed E-state index contributed by atoms with van der Waals surface area (Å²) in [5.74, 6) is -1.40. The van der Waals surface area contributed by atoms with E-state index in [1.54, 1.807) is 26.0 Å². The summed E-state index contributed by atoms with van der Waals surface area (Å²) in [6.45, 7) is 2.77. The molecule has 0 aliphatic carbocycles. The van der Waals surface area contributed by atoms with E-state index in [9.17, 15) is 19.5 Å². The third kappa shape index (κ3) is 4.91. The van der Waals surface area contributed by atoms with Gasteiger partial charge in [-0.05, 0) is 18.1 Å². The zero-order valence-electron chi connectivity index (χ0n) is 18.5. The lowest BCUT2D eigenvalue weighted by molar-refractivity contribution is -0.149. The van der Waals surface area contributed by atoms with E-state index >= 15 is 0 Å². The molecule has 0 aromatic heterocycles. The number of carboxylic acid groups (broad SMARTS) is 1.